The van der Waals surface area contributed by atoms with Gasteiger partial charge in [-0.15, -0.1) is 11.6 Å². The Bertz CT molecular complexity index is 573. The first-order valence-electron chi connectivity index (χ1n) is 6.37. The van der Waals surface area contributed by atoms with Crippen molar-refractivity contribution in [2.75, 3.05) is 0 Å². The van der Waals surface area contributed by atoms with Crippen molar-refractivity contribution in [3.8, 4) is 0 Å². The quantitative estimate of drug-likeness (QED) is 0.589. The summed E-state index contributed by atoms with van der Waals surface area (Å²) in [6.07, 6.45) is 0. The molecule has 0 aliphatic rings. The minimum atomic E-state index is -0.100. The Morgan fingerprint density at radius 3 is 1.89 bits per heavy atom. The number of rotatable bonds is 2. The smallest absolute Gasteiger partial charge is 0.0841 e. The molecule has 100 valence electrons. The molecule has 0 nitrogen and oxygen atoms in total. The van der Waals surface area contributed by atoms with Crippen LogP contribution in [0.5, 0.6) is 0 Å². The molecule has 0 aromatic heterocycles. The summed E-state index contributed by atoms with van der Waals surface area (Å²) in [5.74, 6) is 0. The average molecular weight is 338 g/mol. The van der Waals surface area contributed by atoms with Crippen LogP contribution in [0.1, 0.15) is 38.8 Å². The van der Waals surface area contributed by atoms with Crippen molar-refractivity contribution in [1.82, 2.24) is 0 Å². The Kier molecular flexibility index (Phi) is 4.37. The van der Waals surface area contributed by atoms with Gasteiger partial charge in [0.05, 0.1) is 5.38 Å². The fraction of sp³-hybridized carbons (Fsp3) is 0.294. The van der Waals surface area contributed by atoms with Gasteiger partial charge < -0.3 is 0 Å². The van der Waals surface area contributed by atoms with Crippen LogP contribution >= 0.6 is 27.5 Å². The molecule has 0 saturated heterocycles. The van der Waals surface area contributed by atoms with E-state index in [1.54, 1.807) is 0 Å². The van der Waals surface area contributed by atoms with E-state index in [2.05, 4.69) is 74.0 Å². The molecule has 0 heterocycles. The molecule has 1 unspecified atom stereocenters. The van der Waals surface area contributed by atoms with Crippen LogP contribution in [-0.2, 0) is 0 Å². The van der Waals surface area contributed by atoms with Crippen molar-refractivity contribution in [2.45, 2.75) is 33.1 Å². The SMILES string of the molecule is Cc1cc(Br)cc(C(Cl)c2c(C)cc(C)cc2C)c1. The number of hydrogen-bond donors (Lipinski definition) is 0. The van der Waals surface area contributed by atoms with Gasteiger partial charge in [-0.3, -0.25) is 0 Å². The van der Waals surface area contributed by atoms with Gasteiger partial charge in [0.25, 0.3) is 0 Å². The topological polar surface area (TPSA) is 0 Å². The summed E-state index contributed by atoms with van der Waals surface area (Å²) in [6.45, 7) is 8.48. The molecule has 0 aliphatic heterocycles. The van der Waals surface area contributed by atoms with E-state index in [1.807, 2.05) is 0 Å². The highest BCUT2D eigenvalue weighted by Gasteiger charge is 2.16. The Balaban J connectivity index is 2.52. The van der Waals surface area contributed by atoms with Crippen molar-refractivity contribution in [2.24, 2.45) is 0 Å². The monoisotopic (exact) mass is 336 g/mol. The summed E-state index contributed by atoms with van der Waals surface area (Å²) in [7, 11) is 0. The molecule has 0 saturated carbocycles. The summed E-state index contributed by atoms with van der Waals surface area (Å²) in [4.78, 5) is 0. The van der Waals surface area contributed by atoms with Crippen LogP contribution in [-0.4, -0.2) is 0 Å². The number of aryl methyl sites for hydroxylation is 4. The second kappa shape index (κ2) is 5.68. The van der Waals surface area contributed by atoms with Gasteiger partial charge in [0.1, 0.15) is 0 Å². The van der Waals surface area contributed by atoms with Gasteiger partial charge in [0.2, 0.25) is 0 Å². The van der Waals surface area contributed by atoms with Gasteiger partial charge in [-0.25, -0.2) is 0 Å². The minimum absolute atomic E-state index is 0.100. The normalized spacial score (nSPS) is 12.5. The molecule has 0 spiro atoms. The second-order valence-corrected chi connectivity index (χ2v) is 6.59. The van der Waals surface area contributed by atoms with Crippen LogP contribution in [0, 0.1) is 27.7 Å². The Morgan fingerprint density at radius 1 is 0.842 bits per heavy atom. The van der Waals surface area contributed by atoms with Gasteiger partial charge in [0, 0.05) is 4.47 Å². The van der Waals surface area contributed by atoms with Gasteiger partial charge >= 0.3 is 0 Å². The van der Waals surface area contributed by atoms with Crippen molar-refractivity contribution in [3.63, 3.8) is 0 Å². The van der Waals surface area contributed by atoms with Gasteiger partial charge in [-0.05, 0) is 67.6 Å². The lowest BCUT2D eigenvalue weighted by Crippen LogP contribution is -2.01. The summed E-state index contributed by atoms with van der Waals surface area (Å²) >= 11 is 10.3. The van der Waals surface area contributed by atoms with E-state index < -0.39 is 0 Å². The van der Waals surface area contributed by atoms with Crippen LogP contribution in [0.3, 0.4) is 0 Å². The Labute approximate surface area is 128 Å². The third-order valence-electron chi connectivity index (χ3n) is 3.35. The van der Waals surface area contributed by atoms with Crippen LogP contribution in [0.25, 0.3) is 0 Å². The number of benzene rings is 2. The summed E-state index contributed by atoms with van der Waals surface area (Å²) in [5.41, 5.74) is 7.39. The van der Waals surface area contributed by atoms with Gasteiger partial charge in [0.15, 0.2) is 0 Å². The lowest BCUT2D eigenvalue weighted by atomic mass is 9.93. The number of hydrogen-bond acceptors (Lipinski definition) is 0. The van der Waals surface area contributed by atoms with E-state index in [0.717, 1.165) is 10.0 Å². The molecule has 0 bridgehead atoms. The molecule has 0 fully saturated rings. The lowest BCUT2D eigenvalue weighted by molar-refractivity contribution is 1.07. The second-order valence-electron chi connectivity index (χ2n) is 5.24. The molecule has 0 amide bonds. The fourth-order valence-corrected chi connectivity index (χ4v) is 3.76. The minimum Gasteiger partial charge on any atom is -0.113 e. The van der Waals surface area contributed by atoms with E-state index in [9.17, 15) is 0 Å². The largest absolute Gasteiger partial charge is 0.113 e. The molecular formula is C17H18BrCl. The van der Waals surface area contributed by atoms with E-state index in [1.165, 1.54) is 27.8 Å². The highest BCUT2D eigenvalue weighted by atomic mass is 79.9. The van der Waals surface area contributed by atoms with Crippen molar-refractivity contribution in [1.29, 1.82) is 0 Å². The maximum absolute atomic E-state index is 6.72. The first-order chi connectivity index (χ1) is 8.88. The van der Waals surface area contributed by atoms with E-state index in [0.29, 0.717) is 0 Å². The number of alkyl halides is 1. The van der Waals surface area contributed by atoms with Crippen molar-refractivity contribution < 1.29 is 0 Å². The van der Waals surface area contributed by atoms with Gasteiger partial charge in [-0.2, -0.15) is 0 Å². The Hall–Kier alpha value is -0.790. The molecule has 0 N–H and O–H groups in total. The predicted octanol–water partition coefficient (Wildman–Crippen LogP) is 6.01. The molecule has 2 rings (SSSR count). The lowest BCUT2D eigenvalue weighted by Gasteiger charge is -2.18. The van der Waals surface area contributed by atoms with Crippen LogP contribution < -0.4 is 0 Å². The summed E-state index contributed by atoms with van der Waals surface area (Å²) in [6, 6.07) is 10.7. The third kappa shape index (κ3) is 3.21. The highest BCUT2D eigenvalue weighted by molar-refractivity contribution is 9.10. The zero-order valence-corrected chi connectivity index (χ0v) is 14.1. The van der Waals surface area contributed by atoms with Gasteiger partial charge in [-0.1, -0.05) is 39.7 Å². The first kappa shape index (κ1) is 14.6. The molecule has 2 aromatic rings. The van der Waals surface area contributed by atoms with Crippen molar-refractivity contribution in [3.05, 3.63) is 68.2 Å². The summed E-state index contributed by atoms with van der Waals surface area (Å²) < 4.78 is 1.08. The molecule has 19 heavy (non-hydrogen) atoms. The molecule has 2 aromatic carbocycles. The van der Waals surface area contributed by atoms with E-state index >= 15 is 0 Å². The zero-order valence-electron chi connectivity index (χ0n) is 11.7. The van der Waals surface area contributed by atoms with E-state index in [-0.39, 0.29) is 5.38 Å². The zero-order chi connectivity index (χ0) is 14.2. The fourth-order valence-electron chi connectivity index (χ4n) is 2.67. The highest BCUT2D eigenvalue weighted by Crippen LogP contribution is 2.35. The van der Waals surface area contributed by atoms with Crippen LogP contribution in [0.2, 0.25) is 0 Å². The maximum atomic E-state index is 6.72. The third-order valence-corrected chi connectivity index (χ3v) is 4.28. The average Bonchev–Trinajstić information content (AvgIpc) is 2.25. The molecule has 0 aliphatic carbocycles. The molecule has 0 radical (unpaired) electrons. The van der Waals surface area contributed by atoms with E-state index in [4.69, 9.17) is 11.6 Å². The first-order valence-corrected chi connectivity index (χ1v) is 7.60. The molecule has 2 heteroatoms. The summed E-state index contributed by atoms with van der Waals surface area (Å²) in [5, 5.41) is -0.100. The standard InChI is InChI=1S/C17H18BrCl/c1-10-5-12(3)16(13(4)6-10)17(19)14-7-11(2)8-15(18)9-14/h5-9,17H,1-4H3. The molecule has 1 atom stereocenters. The van der Waals surface area contributed by atoms with Crippen LogP contribution in [0.15, 0.2) is 34.8 Å². The predicted molar refractivity (Wildman–Crippen MR) is 87.2 cm³/mol. The van der Waals surface area contributed by atoms with Crippen LogP contribution in [0.4, 0.5) is 0 Å². The Morgan fingerprint density at radius 2 is 1.37 bits per heavy atom. The number of halogens is 2. The molecular weight excluding hydrogens is 320 g/mol. The maximum Gasteiger partial charge on any atom is 0.0841 e. The van der Waals surface area contributed by atoms with Crippen molar-refractivity contribution >= 4 is 27.5 Å².